The van der Waals surface area contributed by atoms with Gasteiger partial charge in [-0.3, -0.25) is 0 Å². The second kappa shape index (κ2) is 54.6. The number of methoxy groups -OCH3 is 2. The molecule has 12 aromatic carbocycles. The lowest BCUT2D eigenvalue weighted by Gasteiger charge is -2.24. The molecule has 0 saturated carbocycles. The zero-order valence-electron chi connectivity index (χ0n) is 88.0. The summed E-state index contributed by atoms with van der Waals surface area (Å²) in [5, 5.41) is 39.7. The molecule has 3 unspecified atom stereocenters. The lowest BCUT2D eigenvalue weighted by atomic mass is 9.86. The molecule has 12 aromatic rings. The van der Waals surface area contributed by atoms with Crippen molar-refractivity contribution in [1.29, 1.82) is 0 Å². The molecule has 0 amide bonds. The first-order valence-electron chi connectivity index (χ1n) is 50.9. The average molecular weight is 1980 g/mol. The highest BCUT2D eigenvalue weighted by atomic mass is 16.5. The SMILES string of the molecule is CC(C)(C)c1ccc2c(c1)NCCO2.CC1COc2ccccc2N1.CCOc1ccc2c(c1)OCCN2.COc1ccc2c(c1)NCCO2.COc1ccc2c(c1)OCCN2.Cc1cc(C)c2c(c1)NCCO2.Cc1cc2c(cc1C)OCCN2.Cc1ccc2c(c1)NCCCO2.Cc1ccc2c(c1)OC(C)CN2.Cc1ccc2c(c1)OCC(C)N2.Cc1ccc2c(c1)OCCCN2.Cc1cccc2c1NCCO2. The Morgan fingerprint density at radius 2 is 0.676 bits per heavy atom. The van der Waals surface area contributed by atoms with Gasteiger partial charge < -0.3 is 135 Å². The highest BCUT2D eigenvalue weighted by Crippen LogP contribution is 2.41. The van der Waals surface area contributed by atoms with Gasteiger partial charge in [-0.1, -0.05) is 81.4 Å². The minimum Gasteiger partial charge on any atom is -0.497 e. The van der Waals surface area contributed by atoms with Gasteiger partial charge in [-0.2, -0.15) is 0 Å². The molecule has 0 bridgehead atoms. The molecular weight excluding hydrogens is 1830 g/mol. The molecule has 12 aliphatic heterocycles. The lowest BCUT2D eigenvalue weighted by Crippen LogP contribution is -2.28. The van der Waals surface area contributed by atoms with E-state index in [0.717, 1.165) is 305 Å². The number of hydrogen-bond acceptors (Lipinski definition) is 27. The van der Waals surface area contributed by atoms with E-state index in [-0.39, 0.29) is 11.5 Å². The van der Waals surface area contributed by atoms with Crippen LogP contribution >= 0.6 is 0 Å². The molecule has 0 aromatic heterocycles. The molecule has 0 saturated heterocycles. The van der Waals surface area contributed by atoms with E-state index in [1.54, 1.807) is 14.2 Å². The summed E-state index contributed by atoms with van der Waals surface area (Å²) in [6.45, 7) is 52.0. The van der Waals surface area contributed by atoms with Gasteiger partial charge >= 0.3 is 0 Å². The molecule has 24 rings (SSSR count). The van der Waals surface area contributed by atoms with Crippen molar-refractivity contribution in [2.24, 2.45) is 0 Å². The zero-order chi connectivity index (χ0) is 102. The van der Waals surface area contributed by atoms with Gasteiger partial charge in [0.05, 0.1) is 121 Å². The average Bonchev–Trinajstić information content (AvgIpc) is 1.65. The van der Waals surface area contributed by atoms with Gasteiger partial charge in [-0.15, -0.1) is 0 Å². The van der Waals surface area contributed by atoms with Crippen molar-refractivity contribution in [3.63, 3.8) is 0 Å². The van der Waals surface area contributed by atoms with Gasteiger partial charge in [0, 0.05) is 77.1 Å². The fraction of sp³-hybridized carbons (Fsp3) is 0.390. The summed E-state index contributed by atoms with van der Waals surface area (Å²) in [4.78, 5) is 0. The second-order valence-electron chi connectivity index (χ2n) is 37.8. The Morgan fingerprint density at radius 3 is 1.28 bits per heavy atom. The number of fused-ring (bicyclic) bond motifs is 12. The number of hydrogen-bond donors (Lipinski definition) is 12. The third-order valence-electron chi connectivity index (χ3n) is 24.3. The number of benzene rings is 12. The van der Waals surface area contributed by atoms with Crippen molar-refractivity contribution in [3.8, 4) is 86.2 Å². The Balaban J connectivity index is 0.000000133. The standard InChI is InChI=1S/C12H17NO.C10H13NO2.6C10H13NO.2C9H11NO2.2C9H11NO/c1-12(2,3)9-4-5-11-10(8-9)13-6-7-14-11;1-2-12-8-3-4-9-10(7-8)13-6-5-11-9;1-7-5-9-10(6-8(7)2)12-4-3-11-9;1-7-5-8(2)10-9(6-7)11-3-4-12-10;1-7-3-4-9-10(5-7)12-6-8(2)11-9;1-7-3-4-9-10(5-7)12-8(2)6-11-9;1-8-3-4-10-9(7-8)11-5-2-6-12-10;1-8-3-4-9-10(7-8)12-6-2-5-11-9;1-11-7-2-3-9-8(6-7)10-4-5-12-9;1-11-7-2-3-8-9(6-7)12-5-4-10-8;1-7-3-2-4-8-9(7)10-5-6-11-8;1-7-6-11-9-5-3-2-4-8(9)10-7/h4-5,8,13H,6-7H2,1-3H3;3-4,7,11H,2,5-6H2,1H3;2*5-6,11H,3-4H2,1-2H3;2*3-5,8,11H,6H2,1-2H3;2*3-4,7,11H,2,5-6H2,1H3;2*2-3,6,10H,4-5H2,1H3;2-4,10H,5-6H2,1H3;2-5,7,10H,6H2,1H3. The first-order chi connectivity index (χ1) is 70.3. The smallest absolute Gasteiger partial charge is 0.146 e. The predicted molar refractivity (Wildman–Crippen MR) is 594 cm³/mol. The van der Waals surface area contributed by atoms with Crippen LogP contribution in [0.2, 0.25) is 0 Å². The molecule has 0 fully saturated rings. The van der Waals surface area contributed by atoms with E-state index >= 15 is 0 Å². The van der Waals surface area contributed by atoms with E-state index in [1.165, 1.54) is 55.6 Å². The van der Waals surface area contributed by atoms with Gasteiger partial charge in [-0.05, 0) is 297 Å². The molecule has 774 valence electrons. The monoisotopic (exact) mass is 1980 g/mol. The van der Waals surface area contributed by atoms with E-state index in [1.807, 2.05) is 104 Å². The van der Waals surface area contributed by atoms with E-state index in [0.29, 0.717) is 18.7 Å². The van der Waals surface area contributed by atoms with Crippen LogP contribution in [-0.4, -0.2) is 177 Å². The molecule has 3 atom stereocenters. The lowest BCUT2D eigenvalue weighted by molar-refractivity contribution is 0.226. The second-order valence-corrected chi connectivity index (χ2v) is 37.8. The first kappa shape index (κ1) is 108. The molecule has 27 heteroatoms. The number of ether oxygens (including phenoxy) is 15. The van der Waals surface area contributed by atoms with E-state index in [9.17, 15) is 0 Å². The van der Waals surface area contributed by atoms with Crippen LogP contribution in [0.25, 0.3) is 0 Å². The molecule has 12 heterocycles. The Kier molecular flexibility index (Phi) is 40.5. The normalized spacial score (nSPS) is 16.2. The van der Waals surface area contributed by atoms with E-state index in [2.05, 4.69) is 283 Å². The van der Waals surface area contributed by atoms with Crippen LogP contribution in [0, 0.1) is 62.3 Å². The first-order valence-corrected chi connectivity index (χ1v) is 50.9. The van der Waals surface area contributed by atoms with Gasteiger partial charge in [0.15, 0.2) is 0 Å². The number of aryl methyl sites for hydroxylation is 9. The third-order valence-corrected chi connectivity index (χ3v) is 24.3. The molecule has 145 heavy (non-hydrogen) atoms. The van der Waals surface area contributed by atoms with Crippen molar-refractivity contribution in [1.82, 2.24) is 0 Å². The Labute approximate surface area is 858 Å². The predicted octanol–water partition coefficient (Wildman–Crippen LogP) is 24.3. The van der Waals surface area contributed by atoms with Crippen molar-refractivity contribution >= 4 is 68.2 Å². The molecule has 0 spiro atoms. The number of rotatable bonds is 4. The fourth-order valence-electron chi connectivity index (χ4n) is 16.6. The quantitative estimate of drug-likeness (QED) is 0.0780. The maximum atomic E-state index is 5.65. The summed E-state index contributed by atoms with van der Waals surface area (Å²) in [6, 6.07) is 72.1. The van der Waals surface area contributed by atoms with Crippen molar-refractivity contribution in [3.05, 3.63) is 268 Å². The van der Waals surface area contributed by atoms with Crippen molar-refractivity contribution < 1.29 is 71.1 Å². The Morgan fingerprint density at radius 1 is 0.283 bits per heavy atom. The van der Waals surface area contributed by atoms with Crippen LogP contribution in [0.4, 0.5) is 68.2 Å². The summed E-state index contributed by atoms with van der Waals surface area (Å²) in [7, 11) is 3.31. The maximum absolute atomic E-state index is 5.65. The van der Waals surface area contributed by atoms with Crippen molar-refractivity contribution in [2.75, 3.05) is 223 Å². The summed E-state index contributed by atoms with van der Waals surface area (Å²) in [6.07, 6.45) is 2.43. The minimum atomic E-state index is 0.203. The molecule has 12 N–H and O–H groups in total. The van der Waals surface area contributed by atoms with Crippen LogP contribution in [0.1, 0.15) is 117 Å². The fourth-order valence-corrected chi connectivity index (χ4v) is 16.6. The van der Waals surface area contributed by atoms with E-state index < -0.39 is 0 Å². The van der Waals surface area contributed by atoms with Crippen molar-refractivity contribution in [2.45, 2.75) is 147 Å². The van der Waals surface area contributed by atoms with Gasteiger partial charge in [0.1, 0.15) is 152 Å². The van der Waals surface area contributed by atoms with Crippen LogP contribution < -0.4 is 135 Å². The topological polar surface area (TPSA) is 283 Å². The van der Waals surface area contributed by atoms with Gasteiger partial charge in [-0.25, -0.2) is 0 Å². The summed E-state index contributed by atoms with van der Waals surface area (Å²) in [5.74, 6) is 14.1. The largest absolute Gasteiger partial charge is 0.497 e. The van der Waals surface area contributed by atoms with Gasteiger partial charge in [0.25, 0.3) is 0 Å². The Bertz CT molecular complexity index is 5960. The maximum Gasteiger partial charge on any atom is 0.146 e. The van der Waals surface area contributed by atoms with E-state index in [4.69, 9.17) is 71.1 Å². The third kappa shape index (κ3) is 33.1. The highest BCUT2D eigenvalue weighted by molar-refractivity contribution is 5.69. The number of anilines is 12. The minimum absolute atomic E-state index is 0.203. The van der Waals surface area contributed by atoms with Crippen LogP contribution in [0.15, 0.2) is 212 Å². The number of para-hydroxylation sites is 3. The van der Waals surface area contributed by atoms with Crippen LogP contribution in [0.5, 0.6) is 86.2 Å². The van der Waals surface area contributed by atoms with Crippen LogP contribution in [0.3, 0.4) is 0 Å². The summed E-state index contributed by atoms with van der Waals surface area (Å²) in [5.41, 5.74) is 26.1. The van der Waals surface area contributed by atoms with Gasteiger partial charge in [0.2, 0.25) is 0 Å². The van der Waals surface area contributed by atoms with Crippen LogP contribution in [-0.2, 0) is 5.41 Å². The molecular formula is C118H152N12O15. The molecule has 0 radical (unpaired) electrons. The highest BCUT2D eigenvalue weighted by Gasteiger charge is 2.23. The molecule has 27 nitrogen and oxygen atoms in total. The zero-order valence-corrected chi connectivity index (χ0v) is 88.0. The summed E-state index contributed by atoms with van der Waals surface area (Å²) < 4.78 is 81.6. The summed E-state index contributed by atoms with van der Waals surface area (Å²) >= 11 is 0. The molecule has 12 aliphatic rings. The number of nitrogens with one attached hydrogen (secondary N) is 12. The Hall–Kier alpha value is -14.8. The molecule has 0 aliphatic carbocycles.